The molecule has 1 saturated carbocycles. The van der Waals surface area contributed by atoms with Crippen LogP contribution in [0.1, 0.15) is 43.1 Å². The predicted molar refractivity (Wildman–Crippen MR) is 83.8 cm³/mol. The second-order valence-corrected chi connectivity index (χ2v) is 6.92. The minimum absolute atomic E-state index is 0.0819. The Balaban J connectivity index is 1.49. The van der Waals surface area contributed by atoms with Gasteiger partial charge in [0, 0.05) is 11.3 Å². The van der Waals surface area contributed by atoms with Crippen molar-refractivity contribution in [2.45, 2.75) is 43.7 Å². The molecule has 0 aromatic carbocycles. The molecule has 0 aliphatic heterocycles. The van der Waals surface area contributed by atoms with Crippen LogP contribution in [0.15, 0.2) is 10.5 Å². The van der Waals surface area contributed by atoms with E-state index in [-0.39, 0.29) is 5.91 Å². The van der Waals surface area contributed by atoms with Crippen LogP contribution in [-0.4, -0.2) is 31.8 Å². The Labute approximate surface area is 131 Å². The highest BCUT2D eigenvalue weighted by Gasteiger charge is 2.20. The Kier molecular flexibility index (Phi) is 4.54. The quantitative estimate of drug-likeness (QED) is 0.827. The van der Waals surface area contributed by atoms with Crippen LogP contribution in [-0.2, 0) is 4.79 Å². The summed E-state index contributed by atoms with van der Waals surface area (Å²) >= 11 is 2.78. The van der Waals surface area contributed by atoms with E-state index < -0.39 is 0 Å². The summed E-state index contributed by atoms with van der Waals surface area (Å²) in [6, 6.07) is 0. The molecule has 0 atom stereocenters. The van der Waals surface area contributed by atoms with Gasteiger partial charge in [0.1, 0.15) is 5.82 Å². The zero-order chi connectivity index (χ0) is 14.7. The van der Waals surface area contributed by atoms with E-state index in [1.54, 1.807) is 0 Å². The number of nitrogens with one attached hydrogen (secondary N) is 2. The predicted octanol–water partition coefficient (Wildman–Crippen LogP) is 2.96. The molecule has 8 heteroatoms. The molecule has 0 saturated heterocycles. The van der Waals surface area contributed by atoms with Crippen molar-refractivity contribution < 1.29 is 4.79 Å². The molecular formula is C13H17N5OS2. The first-order valence-electron chi connectivity index (χ1n) is 6.98. The number of aryl methyl sites for hydroxylation is 1. The second-order valence-electron chi connectivity index (χ2n) is 5.12. The Morgan fingerprint density at radius 2 is 2.29 bits per heavy atom. The number of nitrogens with zero attached hydrogens (tertiary/aromatic N) is 3. The monoisotopic (exact) mass is 323 g/mol. The lowest BCUT2D eigenvalue weighted by molar-refractivity contribution is -0.113. The SMILES string of the molecule is Cc1csc(NC(=O)CSc2n[nH]c(C3CCCC3)n2)n1. The number of thioether (sulfide) groups is 1. The summed E-state index contributed by atoms with van der Waals surface area (Å²) in [5.41, 5.74) is 0.915. The average Bonchev–Trinajstić information content (AvgIpc) is 3.17. The molecule has 0 radical (unpaired) electrons. The van der Waals surface area contributed by atoms with Crippen molar-refractivity contribution in [3.8, 4) is 0 Å². The maximum Gasteiger partial charge on any atom is 0.236 e. The van der Waals surface area contributed by atoms with E-state index in [0.29, 0.717) is 22.0 Å². The summed E-state index contributed by atoms with van der Waals surface area (Å²) in [5, 5.41) is 13.1. The van der Waals surface area contributed by atoms with Crippen LogP contribution in [0.4, 0.5) is 5.13 Å². The standard InChI is InChI=1S/C13H17N5OS2/c1-8-6-20-12(14-8)15-10(19)7-21-13-16-11(17-18-13)9-4-2-3-5-9/h6,9H,2-5,7H2,1H3,(H,14,15,19)(H,16,17,18). The normalized spacial score (nSPS) is 15.5. The number of hydrogen-bond donors (Lipinski definition) is 2. The third kappa shape index (κ3) is 3.82. The zero-order valence-corrected chi connectivity index (χ0v) is 13.4. The smallest absolute Gasteiger partial charge is 0.236 e. The molecule has 1 aliphatic carbocycles. The average molecular weight is 323 g/mol. The fraction of sp³-hybridized carbons (Fsp3) is 0.538. The lowest BCUT2D eigenvalue weighted by Gasteiger charge is -2.01. The minimum Gasteiger partial charge on any atom is -0.301 e. The molecule has 2 aromatic heterocycles. The number of amides is 1. The molecule has 0 bridgehead atoms. The van der Waals surface area contributed by atoms with Gasteiger partial charge in [-0.3, -0.25) is 9.89 Å². The summed E-state index contributed by atoms with van der Waals surface area (Å²) in [6.07, 6.45) is 4.90. The first-order chi connectivity index (χ1) is 10.2. The van der Waals surface area contributed by atoms with Crippen LogP contribution < -0.4 is 5.32 Å². The van der Waals surface area contributed by atoms with E-state index in [2.05, 4.69) is 25.5 Å². The molecule has 3 rings (SSSR count). The number of rotatable bonds is 5. The molecule has 0 spiro atoms. The lowest BCUT2D eigenvalue weighted by atomic mass is 10.1. The molecular weight excluding hydrogens is 306 g/mol. The highest BCUT2D eigenvalue weighted by molar-refractivity contribution is 7.99. The summed E-state index contributed by atoms with van der Waals surface area (Å²) in [5.74, 6) is 1.69. The summed E-state index contributed by atoms with van der Waals surface area (Å²) in [6.45, 7) is 1.90. The molecule has 2 aromatic rings. The molecule has 0 unspecified atom stereocenters. The van der Waals surface area contributed by atoms with Crippen molar-refractivity contribution >= 4 is 34.1 Å². The first-order valence-corrected chi connectivity index (χ1v) is 8.84. The van der Waals surface area contributed by atoms with Gasteiger partial charge in [0.15, 0.2) is 5.13 Å². The number of carbonyl (C=O) groups is 1. The van der Waals surface area contributed by atoms with Gasteiger partial charge >= 0.3 is 0 Å². The van der Waals surface area contributed by atoms with Gasteiger partial charge in [0.05, 0.1) is 11.4 Å². The number of thiazole rings is 1. The number of H-pyrrole nitrogens is 1. The van der Waals surface area contributed by atoms with Crippen molar-refractivity contribution in [2.75, 3.05) is 11.1 Å². The fourth-order valence-corrected chi connectivity index (χ4v) is 3.71. The fourth-order valence-electron chi connectivity index (χ4n) is 2.40. The Morgan fingerprint density at radius 1 is 1.48 bits per heavy atom. The maximum atomic E-state index is 11.8. The summed E-state index contributed by atoms with van der Waals surface area (Å²) in [4.78, 5) is 20.5. The van der Waals surface area contributed by atoms with Gasteiger partial charge in [-0.25, -0.2) is 9.97 Å². The third-order valence-electron chi connectivity index (χ3n) is 3.42. The Morgan fingerprint density at radius 3 is 3.00 bits per heavy atom. The van der Waals surface area contributed by atoms with Crippen molar-refractivity contribution in [1.29, 1.82) is 0 Å². The molecule has 2 heterocycles. The van der Waals surface area contributed by atoms with Gasteiger partial charge in [-0.2, -0.15) is 0 Å². The van der Waals surface area contributed by atoms with Crippen molar-refractivity contribution in [3.63, 3.8) is 0 Å². The van der Waals surface area contributed by atoms with Gasteiger partial charge in [0.2, 0.25) is 11.1 Å². The highest BCUT2D eigenvalue weighted by atomic mass is 32.2. The van der Waals surface area contributed by atoms with Gasteiger partial charge in [0.25, 0.3) is 0 Å². The minimum atomic E-state index is -0.0819. The van der Waals surface area contributed by atoms with E-state index in [4.69, 9.17) is 0 Å². The number of anilines is 1. The third-order valence-corrected chi connectivity index (χ3v) is 5.14. The number of hydrogen-bond acceptors (Lipinski definition) is 6. The Bertz CT molecular complexity index is 618. The molecule has 2 N–H and O–H groups in total. The molecule has 1 aliphatic rings. The van der Waals surface area contributed by atoms with Gasteiger partial charge in [-0.15, -0.1) is 16.4 Å². The topological polar surface area (TPSA) is 83.6 Å². The number of carbonyl (C=O) groups excluding carboxylic acids is 1. The Hall–Kier alpha value is -1.41. The molecule has 21 heavy (non-hydrogen) atoms. The summed E-state index contributed by atoms with van der Waals surface area (Å²) in [7, 11) is 0. The van der Waals surface area contributed by atoms with Crippen LogP contribution in [0.3, 0.4) is 0 Å². The van der Waals surface area contributed by atoms with Crippen molar-refractivity contribution in [2.24, 2.45) is 0 Å². The van der Waals surface area contributed by atoms with E-state index in [1.807, 2.05) is 12.3 Å². The van der Waals surface area contributed by atoms with Crippen LogP contribution in [0.5, 0.6) is 0 Å². The highest BCUT2D eigenvalue weighted by Crippen LogP contribution is 2.32. The van der Waals surface area contributed by atoms with E-state index >= 15 is 0 Å². The first kappa shape index (κ1) is 14.5. The van der Waals surface area contributed by atoms with Gasteiger partial charge in [-0.05, 0) is 19.8 Å². The van der Waals surface area contributed by atoms with E-state index in [9.17, 15) is 4.79 Å². The van der Waals surface area contributed by atoms with E-state index in [1.165, 1.54) is 48.8 Å². The zero-order valence-electron chi connectivity index (χ0n) is 11.8. The molecule has 112 valence electrons. The van der Waals surface area contributed by atoms with Crippen LogP contribution in [0.2, 0.25) is 0 Å². The second kappa shape index (κ2) is 6.57. The van der Waals surface area contributed by atoms with Crippen molar-refractivity contribution in [3.05, 3.63) is 16.9 Å². The van der Waals surface area contributed by atoms with E-state index in [0.717, 1.165) is 11.5 Å². The lowest BCUT2D eigenvalue weighted by Crippen LogP contribution is -2.13. The van der Waals surface area contributed by atoms with Gasteiger partial charge < -0.3 is 5.32 Å². The molecule has 6 nitrogen and oxygen atoms in total. The van der Waals surface area contributed by atoms with Crippen LogP contribution in [0.25, 0.3) is 0 Å². The molecule has 1 amide bonds. The molecule has 1 fully saturated rings. The van der Waals surface area contributed by atoms with Crippen LogP contribution in [0, 0.1) is 6.92 Å². The van der Waals surface area contributed by atoms with Gasteiger partial charge in [-0.1, -0.05) is 24.6 Å². The summed E-state index contributed by atoms with van der Waals surface area (Å²) < 4.78 is 0. The van der Waals surface area contributed by atoms with Crippen molar-refractivity contribution in [1.82, 2.24) is 20.2 Å². The maximum absolute atomic E-state index is 11.8. The largest absolute Gasteiger partial charge is 0.301 e. The van der Waals surface area contributed by atoms with Crippen LogP contribution >= 0.6 is 23.1 Å². The number of aromatic amines is 1. The number of aromatic nitrogens is 4.